The Labute approximate surface area is 358 Å². The molecule has 4 amide bonds. The molecule has 2 radical (unpaired) electrons. The fourth-order valence-corrected chi connectivity index (χ4v) is 6.61. The van der Waals surface area contributed by atoms with Crippen LogP contribution in [0.4, 0.5) is 0 Å². The van der Waals surface area contributed by atoms with E-state index in [1.807, 2.05) is 13.8 Å². The molecular weight excluding hydrogens is 1020 g/mol. The Morgan fingerprint density at radius 2 is 1.04 bits per heavy atom. The van der Waals surface area contributed by atoms with E-state index < -0.39 is 44.7 Å². The summed E-state index contributed by atoms with van der Waals surface area (Å²) >= 11 is 9.03. The van der Waals surface area contributed by atoms with Gasteiger partial charge in [0, 0.05) is 44.2 Å². The summed E-state index contributed by atoms with van der Waals surface area (Å²) in [5.74, 6) is -2.39. The molecule has 0 spiro atoms. The van der Waals surface area contributed by atoms with Gasteiger partial charge in [-0.05, 0) is 24.9 Å². The average Bonchev–Trinajstić information content (AvgIpc) is 3.12. The molecule has 0 atom stereocenters. The molecule has 1 fully saturated rings. The zero-order valence-electron chi connectivity index (χ0n) is 27.0. The zero-order valence-corrected chi connectivity index (χ0v) is 37.4. The van der Waals surface area contributed by atoms with Crippen molar-refractivity contribution in [1.82, 2.24) is 10.6 Å². The normalized spacial score (nSPS) is 11.4. The quantitative estimate of drug-likeness (QED) is 0.0477. The van der Waals surface area contributed by atoms with E-state index in [-0.39, 0.29) is 76.7 Å². The minimum atomic E-state index is -0.932. The summed E-state index contributed by atoms with van der Waals surface area (Å²) in [7, 11) is 11.9. The van der Waals surface area contributed by atoms with Gasteiger partial charge in [0.2, 0.25) is 11.8 Å². The van der Waals surface area contributed by atoms with Crippen molar-refractivity contribution < 1.29 is 71.2 Å². The first-order chi connectivity index (χ1) is 23.3. The number of carboxylic acids is 3. The second-order valence-corrected chi connectivity index (χ2v) is 18.1. The second kappa shape index (κ2) is 57.7. The van der Waals surface area contributed by atoms with E-state index in [4.69, 9.17) is 36.7 Å². The Bertz CT molecular complexity index is 840. The van der Waals surface area contributed by atoms with E-state index in [0.29, 0.717) is 62.6 Å². The number of nitrogens with one attached hydrogen (secondary N) is 2. The third kappa shape index (κ3) is 68.0. The fraction of sp³-hybridized carbons (Fsp3) is 0.750. The van der Waals surface area contributed by atoms with E-state index >= 15 is 0 Å². The Hall–Kier alpha value is -0.0519. The van der Waals surface area contributed by atoms with E-state index in [2.05, 4.69) is 46.5 Å². The third-order valence-corrected chi connectivity index (χ3v) is 9.72. The van der Waals surface area contributed by atoms with Crippen LogP contribution >= 0.6 is 47.4 Å². The number of carbonyl (C=O) groups excluding carboxylic acids is 4. The van der Waals surface area contributed by atoms with Gasteiger partial charge in [0.15, 0.2) is 0 Å². The van der Waals surface area contributed by atoms with Crippen LogP contribution in [0.5, 0.6) is 0 Å². The van der Waals surface area contributed by atoms with Gasteiger partial charge in [-0.1, -0.05) is 64.1 Å². The predicted octanol–water partition coefficient (Wildman–Crippen LogP) is 4.98. The van der Waals surface area contributed by atoms with Gasteiger partial charge in [0.05, 0.1) is 11.5 Å². The molecule has 5 N–H and O–H groups in total. The summed E-state index contributed by atoms with van der Waals surface area (Å²) in [4.78, 5) is 74.3. The van der Waals surface area contributed by atoms with Crippen molar-refractivity contribution >= 4 is 133 Å². The molecule has 1 rings (SSSR count). The van der Waals surface area contributed by atoms with Gasteiger partial charge in [0.25, 0.3) is 0 Å². The Kier molecular flexibility index (Phi) is 77.4. The van der Waals surface area contributed by atoms with Gasteiger partial charge in [-0.25, -0.2) is 0 Å². The molecular formula is C28H55Cl2N4O11PS4SnTc. The number of carbonyl (C=O) groups is 7. The van der Waals surface area contributed by atoms with Crippen molar-refractivity contribution in [2.45, 2.75) is 68.2 Å². The summed E-state index contributed by atoms with van der Waals surface area (Å²) in [6, 6.07) is 0. The molecule has 1 aliphatic heterocycles. The molecule has 307 valence electrons. The number of hydrogen-bond acceptors (Lipinski definition) is 12. The van der Waals surface area contributed by atoms with Gasteiger partial charge in [0.1, 0.15) is 0 Å². The van der Waals surface area contributed by atoms with E-state index in [0.717, 1.165) is 25.3 Å². The van der Waals surface area contributed by atoms with Crippen molar-refractivity contribution in [1.29, 1.82) is 0 Å². The molecule has 0 saturated carbocycles. The van der Waals surface area contributed by atoms with Gasteiger partial charge in [-0.15, -0.1) is 32.5 Å². The number of nitrogens with zero attached hydrogens (tertiary/aromatic N) is 2. The first kappa shape index (κ1) is 69.8. The molecule has 0 bridgehead atoms. The van der Waals surface area contributed by atoms with Crippen LogP contribution in [0.1, 0.15) is 68.2 Å². The van der Waals surface area contributed by atoms with Crippen LogP contribution in [0.15, 0.2) is 0 Å². The van der Waals surface area contributed by atoms with Crippen LogP contribution in [0.25, 0.3) is 10.6 Å². The summed E-state index contributed by atoms with van der Waals surface area (Å²) in [5, 5.41) is 38.3. The molecule has 0 aromatic heterocycles. The Balaban J connectivity index is -0.0000000835. The van der Waals surface area contributed by atoms with Crippen LogP contribution in [0.2, 0.25) is 0 Å². The predicted molar refractivity (Wildman–Crippen MR) is 219 cm³/mol. The van der Waals surface area contributed by atoms with Crippen molar-refractivity contribution in [2.24, 2.45) is 0 Å². The number of aliphatic carboxylic acids is 3. The number of rotatable bonds is 15. The summed E-state index contributed by atoms with van der Waals surface area (Å²) in [6.07, 6.45) is 2.50. The molecule has 1 aliphatic rings. The monoisotopic (exact) mass is 1070 g/mol. The van der Waals surface area contributed by atoms with Gasteiger partial charge in [-0.3, -0.25) is 24.0 Å². The molecule has 1 heterocycles. The number of hydrogen-bond donors (Lipinski definition) is 5. The van der Waals surface area contributed by atoms with Crippen molar-refractivity contribution in [2.75, 3.05) is 67.7 Å². The third-order valence-electron chi connectivity index (χ3n) is 4.53. The SMILES string of the molecule is C.C.C.CC.O=C(C[S-])[N-]CCC[N-]C(=O)C[S-].O=C(O)CCP(CCC(=O)O)CCC(=O)O.O=C1CSSCC(=O)NCCCN1.[Cl][Sn][Cl].[O]=[Tc+4]. The van der Waals surface area contributed by atoms with E-state index in [1.165, 1.54) is 21.6 Å². The van der Waals surface area contributed by atoms with Crippen molar-refractivity contribution in [3.05, 3.63) is 10.6 Å². The molecule has 0 aliphatic carbocycles. The number of amides is 4. The van der Waals surface area contributed by atoms with Crippen molar-refractivity contribution in [3.63, 3.8) is 0 Å². The summed E-state index contributed by atoms with van der Waals surface area (Å²) in [6.45, 7) is 6.04. The summed E-state index contributed by atoms with van der Waals surface area (Å²) < 4.78 is 8.22. The standard InChI is InChI=1S/C9H15O6P.C7H12N2O2S2.C7H14N2O2S2.C2H6.3CH4.2ClH.O.Sn.Tc/c10-7(11)1-4-16(5-2-8(12)13)6-3-9(14)15;10-6-4-12-13-5-7(11)9-3-1-2-8-6;10-6(4-12)8-2-1-3-9-7(11)5-13;1-2;;;;;;;;/h1-6H2,(H,10,11)(H,12,13)(H,14,15);1-5H2,(H,8,10)(H,9,11);1-5H2,(H4,8,9,10,11,12,13);1-2H3;3*1H4;2*1H;;;/q;;;;;;;;;;+2;+4/p-6. The average molecular weight is 1070 g/mol. The second-order valence-electron chi connectivity index (χ2n) is 8.12. The minimum absolute atomic E-state index is 0. The number of carboxylic acid groups (broad SMARTS) is 3. The van der Waals surface area contributed by atoms with E-state index in [9.17, 15) is 33.6 Å². The molecule has 0 aromatic rings. The van der Waals surface area contributed by atoms with Crippen LogP contribution in [0.3, 0.4) is 0 Å². The Morgan fingerprint density at radius 3 is 1.29 bits per heavy atom. The van der Waals surface area contributed by atoms with Crippen LogP contribution in [-0.4, -0.2) is 143 Å². The molecule has 52 heavy (non-hydrogen) atoms. The van der Waals surface area contributed by atoms with Crippen molar-refractivity contribution in [3.8, 4) is 0 Å². The molecule has 1 saturated heterocycles. The topological polar surface area (TPSA) is 250 Å². The zero-order chi connectivity index (χ0) is 38.9. The maximum absolute atomic E-state index is 11.0. The van der Waals surface area contributed by atoms with Gasteiger partial charge in [-0.2, -0.15) is 0 Å². The fourth-order valence-electron chi connectivity index (χ4n) is 2.50. The maximum atomic E-state index is 11.0. The first-order valence-electron chi connectivity index (χ1n) is 14.2. The molecule has 0 unspecified atom stereocenters. The first-order valence-corrected chi connectivity index (χ1v) is 27.7. The Morgan fingerprint density at radius 1 is 0.750 bits per heavy atom. The van der Waals surface area contributed by atoms with E-state index in [1.54, 1.807) is 0 Å². The molecule has 15 nitrogen and oxygen atoms in total. The van der Waals surface area contributed by atoms with Crippen LogP contribution < -0.4 is 10.6 Å². The van der Waals surface area contributed by atoms with Gasteiger partial charge < -0.3 is 71.4 Å². The van der Waals surface area contributed by atoms with Gasteiger partial charge >= 0.3 is 77.0 Å². The summed E-state index contributed by atoms with van der Waals surface area (Å²) in [5.41, 5.74) is 0. The molecule has 24 heteroatoms. The van der Waals surface area contributed by atoms with Crippen LogP contribution in [-0.2, 0) is 81.2 Å². The molecule has 0 aromatic carbocycles. The van der Waals surface area contributed by atoms with Crippen LogP contribution in [0, 0.1) is 0 Å². The number of halogens is 2.